The molecule has 390 valence electrons. The summed E-state index contributed by atoms with van der Waals surface area (Å²) in [6.45, 7) is 6.82. The average molecular weight is 1020 g/mol. The Kier molecular flexibility index (Phi) is 74.4. The molecule has 0 aliphatic carbocycles. The molecule has 0 aliphatic heterocycles. The maximum atomic E-state index is 10.2. The molecule has 0 fully saturated rings. The van der Waals surface area contributed by atoms with Crippen molar-refractivity contribution in [2.75, 3.05) is 0 Å². The molecule has 0 aliphatic rings. The van der Waals surface area contributed by atoms with Gasteiger partial charge in [-0.3, -0.25) is 0 Å². The predicted molar refractivity (Wildman–Crippen MR) is 281 cm³/mol. The average Bonchev–Trinajstić information content (AvgIpc) is 3.29. The number of rotatable bonds is 51. The van der Waals surface area contributed by atoms with Crippen LogP contribution in [0.1, 0.15) is 329 Å². The van der Waals surface area contributed by atoms with Crippen molar-refractivity contribution in [2.24, 2.45) is 0 Å². The van der Waals surface area contributed by atoms with Crippen LogP contribution in [0, 0.1) is 0 Å². The summed E-state index contributed by atoms with van der Waals surface area (Å²) in [4.78, 5) is 30.5. The summed E-state index contributed by atoms with van der Waals surface area (Å²) in [6, 6.07) is 0. The smallest absolute Gasteiger partial charge is 0.545 e. The molecule has 6 nitrogen and oxygen atoms in total. The SMILES string of the molecule is CCCCCCCCCCCCCCCCCC=CC(=O)[O-].CCCCCCCCCCCCCCCCCC=CC(=O)[O-].CCCCCCCCCCCCCCCCCC=CC(=O)[O-].[Y+3]. The minimum atomic E-state index is -1.08. The Labute approximate surface area is 442 Å². The van der Waals surface area contributed by atoms with Gasteiger partial charge in [-0.1, -0.05) is 309 Å². The molecular formula is C60H111O6Y. The number of aliphatic carboxylic acids is 3. The van der Waals surface area contributed by atoms with Gasteiger partial charge in [0.25, 0.3) is 0 Å². The fraction of sp³-hybridized carbons (Fsp3) is 0.850. The van der Waals surface area contributed by atoms with Crippen LogP contribution in [0.25, 0.3) is 0 Å². The van der Waals surface area contributed by atoms with E-state index in [0.29, 0.717) is 0 Å². The molecule has 0 amide bonds. The van der Waals surface area contributed by atoms with E-state index in [1.165, 1.54) is 270 Å². The molecule has 7 heteroatoms. The molecule has 0 aromatic rings. The van der Waals surface area contributed by atoms with Crippen molar-refractivity contribution >= 4 is 17.9 Å². The summed E-state index contributed by atoms with van der Waals surface area (Å²) >= 11 is 0. The van der Waals surface area contributed by atoms with Crippen molar-refractivity contribution in [3.63, 3.8) is 0 Å². The van der Waals surface area contributed by atoms with Gasteiger partial charge >= 0.3 is 32.7 Å². The van der Waals surface area contributed by atoms with Gasteiger partial charge < -0.3 is 29.7 Å². The van der Waals surface area contributed by atoms with Gasteiger partial charge in [0.15, 0.2) is 0 Å². The van der Waals surface area contributed by atoms with E-state index in [2.05, 4.69) is 20.8 Å². The molecule has 0 rings (SSSR count). The van der Waals surface area contributed by atoms with Crippen molar-refractivity contribution in [3.05, 3.63) is 36.5 Å². The zero-order valence-corrected chi connectivity index (χ0v) is 47.8. The van der Waals surface area contributed by atoms with Gasteiger partial charge in [0.05, 0.1) is 17.9 Å². The number of carbonyl (C=O) groups is 3. The summed E-state index contributed by atoms with van der Waals surface area (Å²) in [7, 11) is 0. The Bertz CT molecular complexity index is 911. The van der Waals surface area contributed by atoms with Crippen LogP contribution in [0.4, 0.5) is 0 Å². The second-order valence-electron chi connectivity index (χ2n) is 19.4. The largest absolute Gasteiger partial charge is 3.00 e. The fourth-order valence-electron chi connectivity index (χ4n) is 8.44. The Morgan fingerprint density at radius 1 is 0.239 bits per heavy atom. The molecule has 0 radical (unpaired) electrons. The minimum absolute atomic E-state index is 0. The fourth-order valence-corrected chi connectivity index (χ4v) is 8.44. The molecule has 0 atom stereocenters. The first-order chi connectivity index (χ1) is 32.3. The van der Waals surface area contributed by atoms with E-state index in [-0.39, 0.29) is 32.7 Å². The standard InChI is InChI=1S/3C20H38O2.Y/c3*1-2-3-4-5-6-7-8-9-10-11-12-13-14-15-16-17-18-19-20(21)22;/h3*18-19H,2-17H2,1H3,(H,21,22);/q;;;+3/p-3. The summed E-state index contributed by atoms with van der Waals surface area (Å²) in [5.74, 6) is -3.25. The van der Waals surface area contributed by atoms with Crippen LogP contribution in [0.15, 0.2) is 36.5 Å². The third kappa shape index (κ3) is 82.0. The first-order valence-electron chi connectivity index (χ1n) is 28.9. The van der Waals surface area contributed by atoms with Gasteiger partial charge in [-0.15, -0.1) is 0 Å². The third-order valence-electron chi connectivity index (χ3n) is 12.7. The van der Waals surface area contributed by atoms with Crippen LogP contribution in [-0.4, -0.2) is 17.9 Å². The van der Waals surface area contributed by atoms with Crippen LogP contribution in [0.5, 0.6) is 0 Å². The Balaban J connectivity index is -0.000000441. The first-order valence-corrected chi connectivity index (χ1v) is 28.9. The molecule has 0 spiro atoms. The maximum Gasteiger partial charge on any atom is 3.00 e. The van der Waals surface area contributed by atoms with Crippen LogP contribution in [0.2, 0.25) is 0 Å². The van der Waals surface area contributed by atoms with Crippen molar-refractivity contribution in [3.8, 4) is 0 Å². The minimum Gasteiger partial charge on any atom is -0.545 e. The van der Waals surface area contributed by atoms with E-state index < -0.39 is 17.9 Å². The number of carboxylic acids is 3. The van der Waals surface area contributed by atoms with Gasteiger partial charge in [-0.2, -0.15) is 0 Å². The number of hydrogen-bond acceptors (Lipinski definition) is 6. The molecule has 0 aromatic heterocycles. The van der Waals surface area contributed by atoms with Crippen LogP contribution in [-0.2, 0) is 47.1 Å². The monoisotopic (exact) mass is 1020 g/mol. The van der Waals surface area contributed by atoms with Crippen LogP contribution >= 0.6 is 0 Å². The number of hydrogen-bond donors (Lipinski definition) is 0. The van der Waals surface area contributed by atoms with Crippen LogP contribution < -0.4 is 15.3 Å². The third-order valence-corrected chi connectivity index (χ3v) is 12.7. The zero-order valence-electron chi connectivity index (χ0n) is 44.9. The van der Waals surface area contributed by atoms with E-state index in [1.807, 2.05) is 0 Å². The van der Waals surface area contributed by atoms with Crippen molar-refractivity contribution in [2.45, 2.75) is 329 Å². The number of unbranched alkanes of at least 4 members (excludes halogenated alkanes) is 45. The molecule has 0 saturated carbocycles. The second kappa shape index (κ2) is 69.0. The van der Waals surface area contributed by atoms with Crippen molar-refractivity contribution in [1.29, 1.82) is 0 Å². The van der Waals surface area contributed by atoms with E-state index in [9.17, 15) is 29.7 Å². The normalized spacial score (nSPS) is 11.1. The second-order valence-corrected chi connectivity index (χ2v) is 19.4. The van der Waals surface area contributed by atoms with Crippen molar-refractivity contribution in [1.82, 2.24) is 0 Å². The maximum absolute atomic E-state index is 10.2. The Morgan fingerprint density at radius 2 is 0.358 bits per heavy atom. The zero-order chi connectivity index (χ0) is 48.9. The summed E-state index contributed by atoms with van der Waals surface area (Å²) in [5, 5.41) is 30.5. The molecule has 0 saturated heterocycles. The van der Waals surface area contributed by atoms with Crippen LogP contribution in [0.3, 0.4) is 0 Å². The molecule has 0 bridgehead atoms. The Morgan fingerprint density at radius 3 is 0.478 bits per heavy atom. The topological polar surface area (TPSA) is 120 Å². The molecule has 0 N–H and O–H groups in total. The van der Waals surface area contributed by atoms with Gasteiger partial charge in [-0.25, -0.2) is 0 Å². The molecule has 0 aromatic carbocycles. The van der Waals surface area contributed by atoms with Gasteiger partial charge in [0, 0.05) is 0 Å². The molecule has 0 unspecified atom stereocenters. The molecule has 0 heterocycles. The summed E-state index contributed by atoms with van der Waals surface area (Å²) in [6.07, 6.45) is 72.5. The Hall–Kier alpha value is -1.27. The van der Waals surface area contributed by atoms with Gasteiger partial charge in [0.1, 0.15) is 0 Å². The van der Waals surface area contributed by atoms with Gasteiger partial charge in [0.2, 0.25) is 0 Å². The van der Waals surface area contributed by atoms with E-state index >= 15 is 0 Å². The quantitative estimate of drug-likeness (QED) is 0.0442. The number of carbonyl (C=O) groups excluding carboxylic acids is 3. The molecular weight excluding hydrogens is 906 g/mol. The van der Waals surface area contributed by atoms with E-state index in [1.54, 1.807) is 18.2 Å². The number of allylic oxidation sites excluding steroid dienone is 3. The van der Waals surface area contributed by atoms with E-state index in [4.69, 9.17) is 0 Å². The van der Waals surface area contributed by atoms with E-state index in [0.717, 1.165) is 56.8 Å². The number of carboxylic acid groups (broad SMARTS) is 3. The summed E-state index contributed by atoms with van der Waals surface area (Å²) in [5.41, 5.74) is 0. The predicted octanol–water partition coefficient (Wildman–Crippen LogP) is 16.7. The van der Waals surface area contributed by atoms with Crippen molar-refractivity contribution < 1.29 is 62.4 Å². The molecule has 67 heavy (non-hydrogen) atoms. The summed E-state index contributed by atoms with van der Waals surface area (Å²) < 4.78 is 0. The van der Waals surface area contributed by atoms with Gasteiger partial charge in [-0.05, 0) is 56.8 Å². The first kappa shape index (κ1) is 72.3.